The number of methoxy groups -OCH3 is 2. The lowest BCUT2D eigenvalue weighted by Crippen LogP contribution is -2.37. The van der Waals surface area contributed by atoms with E-state index >= 15 is 0 Å². The van der Waals surface area contributed by atoms with E-state index in [2.05, 4.69) is 20.3 Å². The van der Waals surface area contributed by atoms with Crippen molar-refractivity contribution in [3.05, 3.63) is 38.6 Å². The summed E-state index contributed by atoms with van der Waals surface area (Å²) in [5, 5.41) is 4.38. The van der Waals surface area contributed by atoms with Crippen LogP contribution in [0.3, 0.4) is 0 Å². The van der Waals surface area contributed by atoms with E-state index in [1.807, 2.05) is 19.1 Å². The normalized spacial score (nSPS) is 15.1. The first kappa shape index (κ1) is 24.5. The molecule has 0 radical (unpaired) electrons. The van der Waals surface area contributed by atoms with Crippen LogP contribution in [0.25, 0.3) is 20.4 Å². The van der Waals surface area contributed by atoms with Gasteiger partial charge in [-0.05, 0) is 31.4 Å². The second-order valence-corrected chi connectivity index (χ2v) is 10.5. The van der Waals surface area contributed by atoms with Crippen molar-refractivity contribution < 1.29 is 19.0 Å². The summed E-state index contributed by atoms with van der Waals surface area (Å²) in [6, 6.07) is 3.70. The minimum absolute atomic E-state index is 0.114. The van der Waals surface area contributed by atoms with Gasteiger partial charge in [0.2, 0.25) is 0 Å². The molecule has 36 heavy (non-hydrogen) atoms. The number of fused-ring (bicyclic) bond motifs is 4. The third kappa shape index (κ3) is 4.75. The fourth-order valence-corrected chi connectivity index (χ4v) is 6.45. The van der Waals surface area contributed by atoms with Crippen molar-refractivity contribution in [1.29, 1.82) is 0 Å². The van der Waals surface area contributed by atoms with Gasteiger partial charge in [0.25, 0.3) is 0 Å². The first-order valence-electron chi connectivity index (χ1n) is 11.7. The first-order valence-corrected chi connectivity index (χ1v) is 13.3. The number of carbonyl (C=O) groups is 1. The quantitative estimate of drug-likeness (QED) is 0.347. The van der Waals surface area contributed by atoms with Crippen LogP contribution in [-0.4, -0.2) is 66.0 Å². The van der Waals surface area contributed by atoms with Gasteiger partial charge in [-0.2, -0.15) is 0 Å². The summed E-state index contributed by atoms with van der Waals surface area (Å²) in [4.78, 5) is 39.9. The molecule has 190 valence electrons. The monoisotopic (exact) mass is 529 g/mol. The highest BCUT2D eigenvalue weighted by Crippen LogP contribution is 2.41. The molecule has 10 nitrogen and oxygen atoms in total. The highest BCUT2D eigenvalue weighted by atomic mass is 32.1. The number of ether oxygens (including phenoxy) is 3. The van der Waals surface area contributed by atoms with E-state index in [1.54, 1.807) is 36.8 Å². The third-order valence-electron chi connectivity index (χ3n) is 6.27. The van der Waals surface area contributed by atoms with Crippen molar-refractivity contribution in [2.45, 2.75) is 32.3 Å². The van der Waals surface area contributed by atoms with Crippen LogP contribution in [0.15, 0.2) is 23.3 Å². The van der Waals surface area contributed by atoms with E-state index in [-0.39, 0.29) is 17.1 Å². The van der Waals surface area contributed by atoms with Gasteiger partial charge in [-0.1, -0.05) is 11.3 Å². The zero-order valence-corrected chi connectivity index (χ0v) is 21.9. The fraction of sp³-hybridized carbons (Fsp3) is 0.417. The Hall–Kier alpha value is -3.22. The van der Waals surface area contributed by atoms with Gasteiger partial charge in [0.1, 0.15) is 28.8 Å². The minimum Gasteiger partial charge on any atom is -0.494 e. The van der Waals surface area contributed by atoms with Gasteiger partial charge in [-0.25, -0.2) is 14.8 Å². The molecule has 4 aromatic rings. The zero-order chi connectivity index (χ0) is 25.2. The SMILES string of the molecule is CCN(CCOC)C(=O)OC1CCc2c(sc3ncnc(Nc4cc5sc(=O)[nH]c5cc4OC)c23)C1. The van der Waals surface area contributed by atoms with Crippen molar-refractivity contribution in [2.75, 3.05) is 39.2 Å². The molecule has 12 heteroatoms. The van der Waals surface area contributed by atoms with Crippen LogP contribution in [0.5, 0.6) is 5.75 Å². The molecule has 0 saturated carbocycles. The van der Waals surface area contributed by atoms with Crippen molar-refractivity contribution in [1.82, 2.24) is 19.9 Å². The van der Waals surface area contributed by atoms with Gasteiger partial charge in [0, 0.05) is 37.6 Å². The number of hydrogen-bond acceptors (Lipinski definition) is 10. The predicted octanol–water partition coefficient (Wildman–Crippen LogP) is 4.31. The number of aryl methyl sites for hydroxylation is 1. The van der Waals surface area contributed by atoms with Crippen molar-refractivity contribution in [2.24, 2.45) is 0 Å². The lowest BCUT2D eigenvalue weighted by molar-refractivity contribution is 0.0510. The molecule has 2 N–H and O–H groups in total. The number of hydrogen-bond donors (Lipinski definition) is 2. The molecule has 0 spiro atoms. The van der Waals surface area contributed by atoms with Gasteiger partial charge in [0.15, 0.2) is 0 Å². The average Bonchev–Trinajstić information content (AvgIpc) is 3.42. The number of nitrogens with one attached hydrogen (secondary N) is 2. The largest absolute Gasteiger partial charge is 0.494 e. The Kier molecular flexibility index (Phi) is 7.08. The van der Waals surface area contributed by atoms with Gasteiger partial charge < -0.3 is 29.4 Å². The number of benzene rings is 1. The molecule has 0 saturated heterocycles. The summed E-state index contributed by atoms with van der Waals surface area (Å²) < 4.78 is 17.3. The van der Waals surface area contributed by atoms with E-state index in [4.69, 9.17) is 14.2 Å². The summed E-state index contributed by atoms with van der Waals surface area (Å²) in [5.41, 5.74) is 2.64. The minimum atomic E-state index is -0.305. The van der Waals surface area contributed by atoms with E-state index in [0.717, 1.165) is 55.2 Å². The molecule has 3 heterocycles. The zero-order valence-electron chi connectivity index (χ0n) is 20.3. The molecule has 1 aliphatic carbocycles. The maximum atomic E-state index is 12.6. The number of aromatic amines is 1. The van der Waals surface area contributed by atoms with Crippen LogP contribution in [0.1, 0.15) is 23.8 Å². The first-order chi connectivity index (χ1) is 17.5. The molecule has 1 aliphatic rings. The molecule has 0 fully saturated rings. The molecule has 1 aromatic carbocycles. The van der Waals surface area contributed by atoms with Gasteiger partial charge in [-0.15, -0.1) is 11.3 Å². The highest BCUT2D eigenvalue weighted by molar-refractivity contribution is 7.19. The van der Waals surface area contributed by atoms with Crippen molar-refractivity contribution in [3.8, 4) is 5.75 Å². The van der Waals surface area contributed by atoms with Crippen molar-refractivity contribution >= 4 is 60.7 Å². The van der Waals surface area contributed by atoms with Crippen LogP contribution < -0.4 is 14.9 Å². The molecule has 0 aliphatic heterocycles. The number of thiazole rings is 1. The number of thiophene rings is 1. The second kappa shape index (κ2) is 10.4. The Morgan fingerprint density at radius 1 is 1.28 bits per heavy atom. The maximum absolute atomic E-state index is 12.6. The summed E-state index contributed by atoms with van der Waals surface area (Å²) in [6.45, 7) is 3.48. The Morgan fingerprint density at radius 3 is 2.92 bits per heavy atom. The lowest BCUT2D eigenvalue weighted by Gasteiger charge is -2.26. The second-order valence-electron chi connectivity index (χ2n) is 8.42. The standard InChI is InChI=1S/C24H27N5O5S2/c1-4-29(7-8-32-2)24(31)34-13-5-6-14-18(9-13)35-22-20(14)21(25-12-26-22)27-15-11-19-16(10-17(15)33-3)28-23(30)36-19/h10-13H,4-9H2,1-3H3,(H,28,30)(H,25,26,27). The summed E-state index contributed by atoms with van der Waals surface area (Å²) in [7, 11) is 3.21. The number of H-pyrrole nitrogens is 1. The molecule has 1 unspecified atom stereocenters. The van der Waals surface area contributed by atoms with Gasteiger partial charge in [0.05, 0.1) is 35.0 Å². The average molecular weight is 530 g/mol. The topological polar surface area (TPSA) is 119 Å². The molecule has 1 amide bonds. The Labute approximate surface area is 215 Å². The number of rotatable bonds is 8. The van der Waals surface area contributed by atoms with E-state index in [1.165, 1.54) is 5.56 Å². The molecule has 1 atom stereocenters. The van der Waals surface area contributed by atoms with Crippen LogP contribution in [0, 0.1) is 0 Å². The van der Waals surface area contributed by atoms with Crippen LogP contribution >= 0.6 is 22.7 Å². The predicted molar refractivity (Wildman–Crippen MR) is 141 cm³/mol. The van der Waals surface area contributed by atoms with E-state index in [9.17, 15) is 9.59 Å². The maximum Gasteiger partial charge on any atom is 0.410 e. The smallest absolute Gasteiger partial charge is 0.410 e. The number of amides is 1. The lowest BCUT2D eigenvalue weighted by atomic mass is 9.94. The Morgan fingerprint density at radius 2 is 2.14 bits per heavy atom. The molecule has 0 bridgehead atoms. The number of carbonyl (C=O) groups excluding carboxylic acids is 1. The van der Waals surface area contributed by atoms with E-state index < -0.39 is 0 Å². The molecule has 3 aromatic heterocycles. The van der Waals surface area contributed by atoms with Crippen LogP contribution in [0.4, 0.5) is 16.3 Å². The van der Waals surface area contributed by atoms with Gasteiger partial charge >= 0.3 is 11.0 Å². The summed E-state index contributed by atoms with van der Waals surface area (Å²) in [5.74, 6) is 1.29. The van der Waals surface area contributed by atoms with Gasteiger partial charge in [-0.3, -0.25) is 4.79 Å². The third-order valence-corrected chi connectivity index (χ3v) is 8.27. The number of nitrogens with zero attached hydrogens (tertiary/aromatic N) is 3. The number of aromatic nitrogens is 3. The summed E-state index contributed by atoms with van der Waals surface area (Å²) in [6.07, 6.45) is 3.19. The summed E-state index contributed by atoms with van der Waals surface area (Å²) >= 11 is 2.76. The Bertz CT molecular complexity index is 1460. The highest BCUT2D eigenvalue weighted by Gasteiger charge is 2.28. The number of likely N-dealkylation sites (N-methyl/N-ethyl adjacent to an activating group) is 1. The fourth-order valence-electron chi connectivity index (χ4n) is 4.44. The van der Waals surface area contributed by atoms with Crippen molar-refractivity contribution in [3.63, 3.8) is 0 Å². The molecular weight excluding hydrogens is 502 g/mol. The number of anilines is 2. The van der Waals surface area contributed by atoms with Crippen LogP contribution in [0.2, 0.25) is 0 Å². The van der Waals surface area contributed by atoms with Crippen LogP contribution in [-0.2, 0) is 22.3 Å². The van der Waals surface area contributed by atoms with E-state index in [0.29, 0.717) is 37.7 Å². The molecule has 5 rings (SSSR count). The molecular formula is C24H27N5O5S2. The Balaban J connectivity index is 1.40.